The summed E-state index contributed by atoms with van der Waals surface area (Å²) in [7, 11) is 0. The number of rotatable bonds is 4. The summed E-state index contributed by atoms with van der Waals surface area (Å²) in [6.07, 6.45) is 0.926. The Bertz CT molecular complexity index is 546. The van der Waals surface area contributed by atoms with Crippen LogP contribution in [-0.2, 0) is 6.42 Å². The predicted octanol–water partition coefficient (Wildman–Crippen LogP) is 3.41. The highest BCUT2D eigenvalue weighted by Gasteiger charge is 2.05. The first-order valence-electron chi connectivity index (χ1n) is 6.34. The summed E-state index contributed by atoms with van der Waals surface area (Å²) < 4.78 is 0. The summed E-state index contributed by atoms with van der Waals surface area (Å²) in [4.78, 5) is 7.15. The van der Waals surface area contributed by atoms with Crippen molar-refractivity contribution in [2.24, 2.45) is 10.7 Å². The normalized spacial score (nSPS) is 13.3. The number of nitrogens with zero attached hydrogens (tertiary/aromatic N) is 1. The number of hydrogen-bond donors (Lipinski definition) is 2. The fourth-order valence-corrected chi connectivity index (χ4v) is 2.88. The maximum absolute atomic E-state index is 5.91. The van der Waals surface area contributed by atoms with E-state index in [0.717, 1.165) is 12.1 Å². The summed E-state index contributed by atoms with van der Waals surface area (Å²) in [6, 6.07) is 14.3. The third-order valence-corrected chi connectivity index (χ3v) is 3.72. The monoisotopic (exact) mass is 273 g/mol. The number of aliphatic imine (C=N–C) groups is 1. The van der Waals surface area contributed by atoms with Crippen LogP contribution in [0.3, 0.4) is 0 Å². The lowest BCUT2D eigenvalue weighted by atomic mass is 10.2. The van der Waals surface area contributed by atoms with Crippen molar-refractivity contribution in [2.75, 3.05) is 5.32 Å². The van der Waals surface area contributed by atoms with Crippen molar-refractivity contribution in [2.45, 2.75) is 26.3 Å². The number of anilines is 1. The Morgan fingerprint density at radius 2 is 2.00 bits per heavy atom. The highest BCUT2D eigenvalue weighted by atomic mass is 32.1. The number of benzene rings is 1. The van der Waals surface area contributed by atoms with Crippen molar-refractivity contribution in [3.8, 4) is 0 Å². The summed E-state index contributed by atoms with van der Waals surface area (Å²) >= 11 is 1.82. The molecule has 0 saturated heterocycles. The van der Waals surface area contributed by atoms with Crippen molar-refractivity contribution in [1.82, 2.24) is 0 Å². The molecule has 19 heavy (non-hydrogen) atoms. The van der Waals surface area contributed by atoms with Gasteiger partial charge in [-0.25, -0.2) is 4.99 Å². The quantitative estimate of drug-likeness (QED) is 0.662. The second-order valence-corrected chi connectivity index (χ2v) is 5.94. The lowest BCUT2D eigenvalue weighted by molar-refractivity contribution is 0.747. The van der Waals surface area contributed by atoms with E-state index >= 15 is 0 Å². The van der Waals surface area contributed by atoms with Crippen LogP contribution in [0.4, 0.5) is 5.69 Å². The lowest BCUT2D eigenvalue weighted by Crippen LogP contribution is -2.24. The Kier molecular flexibility index (Phi) is 4.58. The van der Waals surface area contributed by atoms with Gasteiger partial charge >= 0.3 is 0 Å². The van der Waals surface area contributed by atoms with Crippen LogP contribution < -0.4 is 11.1 Å². The average molecular weight is 273 g/mol. The van der Waals surface area contributed by atoms with E-state index in [4.69, 9.17) is 5.73 Å². The first-order valence-corrected chi connectivity index (χ1v) is 7.16. The molecule has 1 aromatic heterocycles. The van der Waals surface area contributed by atoms with Gasteiger partial charge in [0.05, 0.1) is 6.04 Å². The second-order valence-electron chi connectivity index (χ2n) is 4.57. The minimum Gasteiger partial charge on any atom is -0.370 e. The van der Waals surface area contributed by atoms with Gasteiger partial charge in [0, 0.05) is 21.9 Å². The van der Waals surface area contributed by atoms with Gasteiger partial charge < -0.3 is 11.1 Å². The zero-order valence-electron chi connectivity index (χ0n) is 11.3. The third-order valence-electron chi connectivity index (χ3n) is 2.70. The Balaban J connectivity index is 1.92. The molecule has 0 aliphatic carbocycles. The molecule has 4 heteroatoms. The topological polar surface area (TPSA) is 50.4 Å². The van der Waals surface area contributed by atoms with Crippen molar-refractivity contribution in [3.05, 3.63) is 52.2 Å². The lowest BCUT2D eigenvalue weighted by Gasteiger charge is -2.09. The molecule has 3 N–H and O–H groups in total. The molecule has 1 heterocycles. The summed E-state index contributed by atoms with van der Waals surface area (Å²) in [5, 5.41) is 3.09. The SMILES string of the molecule is Cc1ccc(CC(C)N=C(N)Nc2ccccc2)s1. The Hall–Kier alpha value is -1.81. The largest absolute Gasteiger partial charge is 0.370 e. The number of nitrogens with two attached hydrogens (primary N) is 1. The number of guanidine groups is 1. The summed E-state index contributed by atoms with van der Waals surface area (Å²) in [5.41, 5.74) is 6.87. The molecular weight excluding hydrogens is 254 g/mol. The molecule has 2 aromatic rings. The van der Waals surface area contributed by atoms with Crippen LogP contribution in [-0.4, -0.2) is 12.0 Å². The highest BCUT2D eigenvalue weighted by Crippen LogP contribution is 2.17. The zero-order chi connectivity index (χ0) is 13.7. The molecule has 3 nitrogen and oxygen atoms in total. The average Bonchev–Trinajstić information content (AvgIpc) is 2.75. The molecule has 0 aliphatic rings. The van der Waals surface area contributed by atoms with Crippen molar-refractivity contribution in [3.63, 3.8) is 0 Å². The fraction of sp³-hybridized carbons (Fsp3) is 0.267. The van der Waals surface area contributed by atoms with Gasteiger partial charge in [0.25, 0.3) is 0 Å². The maximum Gasteiger partial charge on any atom is 0.193 e. The minimum absolute atomic E-state index is 0.175. The number of thiophene rings is 1. The van der Waals surface area contributed by atoms with Gasteiger partial charge in [-0.3, -0.25) is 0 Å². The van der Waals surface area contributed by atoms with Crippen molar-refractivity contribution in [1.29, 1.82) is 0 Å². The molecule has 1 aromatic carbocycles. The number of nitrogens with one attached hydrogen (secondary N) is 1. The van der Waals surface area contributed by atoms with Crippen LogP contribution in [0.2, 0.25) is 0 Å². The van der Waals surface area contributed by atoms with Crippen LogP contribution in [0.15, 0.2) is 47.5 Å². The zero-order valence-corrected chi connectivity index (χ0v) is 12.1. The molecule has 0 amide bonds. The second kappa shape index (κ2) is 6.38. The molecular formula is C15H19N3S. The van der Waals surface area contributed by atoms with Crippen LogP contribution in [0.25, 0.3) is 0 Å². The molecule has 0 fully saturated rings. The van der Waals surface area contributed by atoms with E-state index < -0.39 is 0 Å². The fourth-order valence-electron chi connectivity index (χ4n) is 1.87. The molecule has 0 spiro atoms. The van der Waals surface area contributed by atoms with E-state index in [1.54, 1.807) is 0 Å². The molecule has 0 radical (unpaired) electrons. The first-order chi connectivity index (χ1) is 9.13. The maximum atomic E-state index is 5.91. The third kappa shape index (κ3) is 4.41. The van der Waals surface area contributed by atoms with E-state index in [1.807, 2.05) is 41.7 Å². The van der Waals surface area contributed by atoms with E-state index in [-0.39, 0.29) is 6.04 Å². The molecule has 100 valence electrons. The van der Waals surface area contributed by atoms with Gasteiger partial charge in [-0.05, 0) is 38.1 Å². The van der Waals surface area contributed by atoms with Gasteiger partial charge in [0.15, 0.2) is 5.96 Å². The molecule has 1 unspecified atom stereocenters. The van der Waals surface area contributed by atoms with E-state index in [1.165, 1.54) is 9.75 Å². The van der Waals surface area contributed by atoms with Gasteiger partial charge in [-0.15, -0.1) is 11.3 Å². The first kappa shape index (κ1) is 13.6. The summed E-state index contributed by atoms with van der Waals surface area (Å²) in [5.74, 6) is 0.465. The van der Waals surface area contributed by atoms with Crippen molar-refractivity contribution < 1.29 is 0 Å². The van der Waals surface area contributed by atoms with Crippen LogP contribution in [0.5, 0.6) is 0 Å². The predicted molar refractivity (Wildman–Crippen MR) is 83.9 cm³/mol. The van der Waals surface area contributed by atoms with Crippen molar-refractivity contribution >= 4 is 23.0 Å². The van der Waals surface area contributed by atoms with Gasteiger partial charge in [0.2, 0.25) is 0 Å². The Labute approximate surface area is 118 Å². The van der Waals surface area contributed by atoms with Crippen LogP contribution >= 0.6 is 11.3 Å². The summed E-state index contributed by atoms with van der Waals surface area (Å²) in [6.45, 7) is 4.20. The molecule has 0 aliphatic heterocycles. The molecule has 0 saturated carbocycles. The van der Waals surface area contributed by atoms with E-state index in [2.05, 4.69) is 36.3 Å². The number of aryl methyl sites for hydroxylation is 1. The van der Waals surface area contributed by atoms with Crippen LogP contribution in [0, 0.1) is 6.92 Å². The number of para-hydroxylation sites is 1. The smallest absolute Gasteiger partial charge is 0.193 e. The van der Waals surface area contributed by atoms with Gasteiger partial charge in [0.1, 0.15) is 0 Å². The van der Waals surface area contributed by atoms with E-state index in [0.29, 0.717) is 5.96 Å². The Morgan fingerprint density at radius 1 is 1.26 bits per heavy atom. The molecule has 1 atom stereocenters. The molecule has 0 bridgehead atoms. The Morgan fingerprint density at radius 3 is 2.63 bits per heavy atom. The van der Waals surface area contributed by atoms with Gasteiger partial charge in [-0.2, -0.15) is 0 Å². The highest BCUT2D eigenvalue weighted by molar-refractivity contribution is 7.11. The van der Waals surface area contributed by atoms with E-state index in [9.17, 15) is 0 Å². The molecule has 2 rings (SSSR count). The van der Waals surface area contributed by atoms with Crippen LogP contribution in [0.1, 0.15) is 16.7 Å². The standard InChI is InChI=1S/C15H19N3S/c1-11(10-14-9-8-12(2)19-14)17-15(16)18-13-6-4-3-5-7-13/h3-9,11H,10H2,1-2H3,(H3,16,17,18). The minimum atomic E-state index is 0.175. The van der Waals surface area contributed by atoms with Gasteiger partial charge in [-0.1, -0.05) is 18.2 Å². The number of hydrogen-bond acceptors (Lipinski definition) is 2.